The maximum atomic E-state index is 12.2. The molecule has 1 aromatic heterocycles. The Labute approximate surface area is 137 Å². The molecule has 1 heterocycles. The third-order valence-electron chi connectivity index (χ3n) is 4.06. The number of rotatable bonds is 5. The number of H-pyrrole nitrogens is 1. The highest BCUT2D eigenvalue weighted by molar-refractivity contribution is 5.98. The van der Waals surface area contributed by atoms with Crippen molar-refractivity contribution in [1.29, 1.82) is 0 Å². The fourth-order valence-electron chi connectivity index (χ4n) is 2.31. The molecule has 0 bridgehead atoms. The van der Waals surface area contributed by atoms with E-state index in [4.69, 9.17) is 5.11 Å². The van der Waals surface area contributed by atoms with Gasteiger partial charge in [0.1, 0.15) is 0 Å². The third kappa shape index (κ3) is 3.22. The molecule has 2 unspecified atom stereocenters. The zero-order valence-corrected chi connectivity index (χ0v) is 13.6. The fraction of sp³-hybridized carbons (Fsp3) is 0.375. The number of hydrogen-bond acceptors (Lipinski definition) is 4. The van der Waals surface area contributed by atoms with Gasteiger partial charge >= 0.3 is 11.7 Å². The van der Waals surface area contributed by atoms with Crippen molar-refractivity contribution in [3.05, 3.63) is 44.6 Å². The van der Waals surface area contributed by atoms with Crippen LogP contribution >= 0.6 is 0 Å². The number of carboxylic acids is 1. The Balaban J connectivity index is 2.38. The molecule has 3 N–H and O–H groups in total. The van der Waals surface area contributed by atoms with Crippen LogP contribution in [-0.4, -0.2) is 32.6 Å². The van der Waals surface area contributed by atoms with Crippen LogP contribution in [0.5, 0.6) is 0 Å². The number of aliphatic carboxylic acids is 1. The summed E-state index contributed by atoms with van der Waals surface area (Å²) in [7, 11) is 0. The van der Waals surface area contributed by atoms with Crippen molar-refractivity contribution < 1.29 is 14.7 Å². The molecular formula is C16H19N3O5. The third-order valence-corrected chi connectivity index (χ3v) is 4.06. The summed E-state index contributed by atoms with van der Waals surface area (Å²) in [6.45, 7) is 5.03. The highest BCUT2D eigenvalue weighted by Gasteiger charge is 2.21. The number of hydrogen-bond donors (Lipinski definition) is 3. The summed E-state index contributed by atoms with van der Waals surface area (Å²) in [5.74, 6) is -2.23. The second kappa shape index (κ2) is 6.69. The van der Waals surface area contributed by atoms with E-state index in [1.165, 1.54) is 25.1 Å². The number of carbonyl (C=O) groups is 2. The molecule has 2 atom stereocenters. The van der Waals surface area contributed by atoms with E-state index in [0.717, 1.165) is 4.57 Å². The second-order valence-electron chi connectivity index (χ2n) is 5.63. The number of aromatic nitrogens is 2. The molecule has 0 radical (unpaired) electrons. The highest BCUT2D eigenvalue weighted by atomic mass is 16.4. The Kier molecular flexibility index (Phi) is 4.87. The lowest BCUT2D eigenvalue weighted by molar-refractivity contribution is -0.141. The first kappa shape index (κ1) is 17.5. The van der Waals surface area contributed by atoms with E-state index in [9.17, 15) is 19.2 Å². The molecule has 0 aliphatic rings. The van der Waals surface area contributed by atoms with Gasteiger partial charge in [0.15, 0.2) is 0 Å². The van der Waals surface area contributed by atoms with Gasteiger partial charge in [-0.15, -0.1) is 0 Å². The standard InChI is InChI=1S/C16H19N3O5/c1-4-19-14(21)11-6-5-10(7-12(11)18-16(19)24)13(20)17-9(3)8(2)15(22)23/h5-9H,4H2,1-3H3,(H,17,20)(H,18,24)(H,22,23). The Bertz CT molecular complexity index is 912. The van der Waals surface area contributed by atoms with Crippen LogP contribution in [0, 0.1) is 5.92 Å². The van der Waals surface area contributed by atoms with Crippen molar-refractivity contribution >= 4 is 22.8 Å². The van der Waals surface area contributed by atoms with Crippen LogP contribution in [0.2, 0.25) is 0 Å². The molecule has 0 aliphatic carbocycles. The maximum Gasteiger partial charge on any atom is 0.328 e. The number of fused-ring (bicyclic) bond motifs is 1. The van der Waals surface area contributed by atoms with E-state index in [0.29, 0.717) is 5.39 Å². The summed E-state index contributed by atoms with van der Waals surface area (Å²) in [5, 5.41) is 11.9. The molecule has 0 fully saturated rings. The molecule has 2 rings (SSSR count). The van der Waals surface area contributed by atoms with Crippen LogP contribution < -0.4 is 16.6 Å². The van der Waals surface area contributed by atoms with Gasteiger partial charge in [-0.1, -0.05) is 0 Å². The molecule has 0 saturated carbocycles. The van der Waals surface area contributed by atoms with Crippen molar-refractivity contribution in [1.82, 2.24) is 14.9 Å². The molecule has 1 amide bonds. The van der Waals surface area contributed by atoms with Crippen molar-refractivity contribution in [2.45, 2.75) is 33.4 Å². The van der Waals surface area contributed by atoms with Crippen molar-refractivity contribution in [3.8, 4) is 0 Å². The molecule has 8 nitrogen and oxygen atoms in total. The Hall–Kier alpha value is -2.90. The van der Waals surface area contributed by atoms with Crippen LogP contribution in [0.25, 0.3) is 10.9 Å². The molecule has 2 aromatic rings. The number of amides is 1. The first-order chi connectivity index (χ1) is 11.3. The van der Waals surface area contributed by atoms with Crippen molar-refractivity contribution in [3.63, 3.8) is 0 Å². The first-order valence-electron chi connectivity index (χ1n) is 7.56. The minimum Gasteiger partial charge on any atom is -0.481 e. The lowest BCUT2D eigenvalue weighted by atomic mass is 10.0. The van der Waals surface area contributed by atoms with Gasteiger partial charge in [-0.2, -0.15) is 0 Å². The number of nitrogens with one attached hydrogen (secondary N) is 2. The van der Waals surface area contributed by atoms with Gasteiger partial charge in [-0.3, -0.25) is 19.0 Å². The minimum atomic E-state index is -1.01. The normalized spacial score (nSPS) is 13.5. The van der Waals surface area contributed by atoms with E-state index >= 15 is 0 Å². The lowest BCUT2D eigenvalue weighted by Gasteiger charge is -2.17. The monoisotopic (exact) mass is 333 g/mol. The van der Waals surface area contributed by atoms with Crippen LogP contribution in [0.3, 0.4) is 0 Å². The number of carboxylic acid groups (broad SMARTS) is 1. The van der Waals surface area contributed by atoms with Gasteiger partial charge in [0.25, 0.3) is 11.5 Å². The average Bonchev–Trinajstić information content (AvgIpc) is 2.53. The molecule has 1 aromatic carbocycles. The molecule has 128 valence electrons. The second-order valence-corrected chi connectivity index (χ2v) is 5.63. The van der Waals surface area contributed by atoms with Crippen LogP contribution in [0.15, 0.2) is 27.8 Å². The largest absolute Gasteiger partial charge is 0.481 e. The van der Waals surface area contributed by atoms with Crippen LogP contribution in [-0.2, 0) is 11.3 Å². The SMILES string of the molecule is CCn1c(=O)[nH]c2cc(C(=O)NC(C)C(C)C(=O)O)ccc2c1=O. The molecule has 24 heavy (non-hydrogen) atoms. The predicted molar refractivity (Wildman–Crippen MR) is 88.2 cm³/mol. The fourth-order valence-corrected chi connectivity index (χ4v) is 2.31. The predicted octanol–water partition coefficient (Wildman–Crippen LogP) is 0.549. The summed E-state index contributed by atoms with van der Waals surface area (Å²) >= 11 is 0. The average molecular weight is 333 g/mol. The van der Waals surface area contributed by atoms with Gasteiger partial charge in [0.05, 0.1) is 16.8 Å². The lowest BCUT2D eigenvalue weighted by Crippen LogP contribution is -2.40. The minimum absolute atomic E-state index is 0.233. The van der Waals surface area contributed by atoms with E-state index in [1.807, 2.05) is 0 Å². The number of carbonyl (C=O) groups excluding carboxylic acids is 1. The van der Waals surface area contributed by atoms with E-state index in [-0.39, 0.29) is 17.6 Å². The maximum absolute atomic E-state index is 12.2. The zero-order chi connectivity index (χ0) is 18.0. The van der Waals surface area contributed by atoms with Crippen molar-refractivity contribution in [2.24, 2.45) is 5.92 Å². The number of aromatic amines is 1. The summed E-state index contributed by atoms with van der Waals surface area (Å²) in [5.41, 5.74) is -0.464. The number of benzene rings is 1. The Morgan fingerprint density at radius 2 is 1.96 bits per heavy atom. The van der Waals surface area contributed by atoms with Gasteiger partial charge in [0.2, 0.25) is 0 Å². The highest BCUT2D eigenvalue weighted by Crippen LogP contribution is 2.11. The molecule has 8 heteroatoms. The summed E-state index contributed by atoms with van der Waals surface area (Å²) in [4.78, 5) is 49.8. The number of nitrogens with zero attached hydrogens (tertiary/aromatic N) is 1. The zero-order valence-electron chi connectivity index (χ0n) is 13.6. The van der Waals surface area contributed by atoms with Gasteiger partial charge < -0.3 is 15.4 Å². The molecular weight excluding hydrogens is 314 g/mol. The summed E-state index contributed by atoms with van der Waals surface area (Å²) in [6, 6.07) is 3.78. The van der Waals surface area contributed by atoms with Gasteiger partial charge in [-0.05, 0) is 39.0 Å². The van der Waals surface area contributed by atoms with E-state index in [1.54, 1.807) is 13.8 Å². The summed E-state index contributed by atoms with van der Waals surface area (Å²) in [6.07, 6.45) is 0. The van der Waals surface area contributed by atoms with Gasteiger partial charge in [-0.25, -0.2) is 4.79 Å². The molecule has 0 spiro atoms. The van der Waals surface area contributed by atoms with Gasteiger partial charge in [0, 0.05) is 18.2 Å². The summed E-state index contributed by atoms with van der Waals surface area (Å²) < 4.78 is 1.07. The Morgan fingerprint density at radius 3 is 2.54 bits per heavy atom. The Morgan fingerprint density at radius 1 is 1.29 bits per heavy atom. The quantitative estimate of drug-likeness (QED) is 0.738. The van der Waals surface area contributed by atoms with E-state index < -0.39 is 35.1 Å². The first-order valence-corrected chi connectivity index (χ1v) is 7.56. The smallest absolute Gasteiger partial charge is 0.328 e. The molecule has 0 saturated heterocycles. The van der Waals surface area contributed by atoms with Crippen molar-refractivity contribution in [2.75, 3.05) is 0 Å². The van der Waals surface area contributed by atoms with E-state index in [2.05, 4.69) is 10.3 Å². The van der Waals surface area contributed by atoms with Crippen LogP contribution in [0.4, 0.5) is 0 Å². The van der Waals surface area contributed by atoms with Crippen LogP contribution in [0.1, 0.15) is 31.1 Å². The topological polar surface area (TPSA) is 121 Å². The molecule has 0 aliphatic heterocycles.